The molecule has 1 amide bonds. The monoisotopic (exact) mass is 207 g/mol. The molecule has 4 nitrogen and oxygen atoms in total. The van der Waals surface area contributed by atoms with E-state index in [9.17, 15) is 4.79 Å². The van der Waals surface area contributed by atoms with E-state index in [2.05, 4.69) is 0 Å². The van der Waals surface area contributed by atoms with E-state index < -0.39 is 5.91 Å². The van der Waals surface area contributed by atoms with Crippen LogP contribution in [0.25, 0.3) is 0 Å². The lowest BCUT2D eigenvalue weighted by Gasteiger charge is -2.05. The molecule has 0 aromatic heterocycles. The minimum Gasteiger partial charge on any atom is -0.366 e. The van der Waals surface area contributed by atoms with Gasteiger partial charge < -0.3 is 17.2 Å². The van der Waals surface area contributed by atoms with Crippen molar-refractivity contribution in [1.29, 1.82) is 0 Å². The first-order chi connectivity index (χ1) is 7.09. The highest BCUT2D eigenvalue weighted by Crippen LogP contribution is 2.07. The summed E-state index contributed by atoms with van der Waals surface area (Å²) in [5, 5.41) is 0. The zero-order chi connectivity index (χ0) is 11.3. The highest BCUT2D eigenvalue weighted by atomic mass is 16.1. The van der Waals surface area contributed by atoms with Crippen molar-refractivity contribution in [3.8, 4) is 0 Å². The third-order valence-corrected chi connectivity index (χ3v) is 2.24. The molecule has 0 heterocycles. The molecule has 0 unspecified atom stereocenters. The maximum atomic E-state index is 10.8. The van der Waals surface area contributed by atoms with Crippen LogP contribution in [0.1, 0.15) is 28.8 Å². The SMILES string of the molecule is NC(=O)c1ccc(CCCC(N)N)cc1. The Hall–Kier alpha value is -1.39. The summed E-state index contributed by atoms with van der Waals surface area (Å²) >= 11 is 0. The number of aryl methyl sites for hydroxylation is 1. The van der Waals surface area contributed by atoms with Crippen molar-refractivity contribution in [3.05, 3.63) is 35.4 Å². The first kappa shape index (κ1) is 11.7. The van der Waals surface area contributed by atoms with Gasteiger partial charge in [0, 0.05) is 5.56 Å². The molecule has 0 saturated heterocycles. The van der Waals surface area contributed by atoms with Crippen LogP contribution in [0.15, 0.2) is 24.3 Å². The van der Waals surface area contributed by atoms with Gasteiger partial charge in [-0.25, -0.2) is 0 Å². The van der Waals surface area contributed by atoms with Gasteiger partial charge in [0.1, 0.15) is 0 Å². The number of carbonyl (C=O) groups excluding carboxylic acids is 1. The highest BCUT2D eigenvalue weighted by molar-refractivity contribution is 5.92. The van der Waals surface area contributed by atoms with Crippen molar-refractivity contribution in [2.24, 2.45) is 17.2 Å². The normalized spacial score (nSPS) is 10.6. The molecule has 0 radical (unpaired) electrons. The van der Waals surface area contributed by atoms with E-state index in [1.807, 2.05) is 12.1 Å². The number of carbonyl (C=O) groups is 1. The minimum absolute atomic E-state index is 0.241. The molecule has 0 aliphatic heterocycles. The van der Waals surface area contributed by atoms with E-state index >= 15 is 0 Å². The van der Waals surface area contributed by atoms with E-state index in [1.165, 1.54) is 5.56 Å². The largest absolute Gasteiger partial charge is 0.366 e. The van der Waals surface area contributed by atoms with E-state index in [4.69, 9.17) is 17.2 Å². The number of rotatable bonds is 5. The Morgan fingerprint density at radius 3 is 2.27 bits per heavy atom. The fourth-order valence-corrected chi connectivity index (χ4v) is 1.38. The molecule has 1 rings (SSSR count). The van der Waals surface area contributed by atoms with Crippen LogP contribution in [0.4, 0.5) is 0 Å². The Labute approximate surface area is 89.4 Å². The van der Waals surface area contributed by atoms with Gasteiger partial charge in [-0.3, -0.25) is 4.79 Å². The lowest BCUT2D eigenvalue weighted by atomic mass is 10.1. The van der Waals surface area contributed by atoms with Gasteiger partial charge in [-0.15, -0.1) is 0 Å². The average molecular weight is 207 g/mol. The van der Waals surface area contributed by atoms with Gasteiger partial charge in [0.05, 0.1) is 6.17 Å². The molecular weight excluding hydrogens is 190 g/mol. The molecule has 4 heteroatoms. The predicted octanol–water partition coefficient (Wildman–Crippen LogP) is 0.352. The summed E-state index contributed by atoms with van der Waals surface area (Å²) in [4.78, 5) is 10.8. The van der Waals surface area contributed by atoms with Crippen molar-refractivity contribution in [1.82, 2.24) is 0 Å². The number of hydrogen-bond donors (Lipinski definition) is 3. The number of benzene rings is 1. The molecule has 0 saturated carbocycles. The maximum absolute atomic E-state index is 10.8. The molecule has 15 heavy (non-hydrogen) atoms. The summed E-state index contributed by atoms with van der Waals surface area (Å²) in [7, 11) is 0. The number of amides is 1. The van der Waals surface area contributed by atoms with Crippen LogP contribution in [-0.4, -0.2) is 12.1 Å². The lowest BCUT2D eigenvalue weighted by Crippen LogP contribution is -2.30. The Bertz CT molecular complexity index is 319. The molecule has 0 fully saturated rings. The van der Waals surface area contributed by atoms with Gasteiger partial charge in [0.25, 0.3) is 0 Å². The van der Waals surface area contributed by atoms with E-state index in [0.717, 1.165) is 19.3 Å². The second-order valence-electron chi connectivity index (χ2n) is 3.62. The van der Waals surface area contributed by atoms with Gasteiger partial charge in [-0.05, 0) is 37.0 Å². The van der Waals surface area contributed by atoms with Crippen molar-refractivity contribution in [3.63, 3.8) is 0 Å². The Morgan fingerprint density at radius 2 is 1.80 bits per heavy atom. The zero-order valence-corrected chi connectivity index (χ0v) is 8.65. The maximum Gasteiger partial charge on any atom is 0.248 e. The van der Waals surface area contributed by atoms with E-state index in [1.54, 1.807) is 12.1 Å². The van der Waals surface area contributed by atoms with Gasteiger partial charge in [-0.1, -0.05) is 12.1 Å². The number of nitrogens with two attached hydrogens (primary N) is 3. The predicted molar refractivity (Wildman–Crippen MR) is 60.1 cm³/mol. The van der Waals surface area contributed by atoms with E-state index in [0.29, 0.717) is 5.56 Å². The summed E-state index contributed by atoms with van der Waals surface area (Å²) in [6.45, 7) is 0. The Morgan fingerprint density at radius 1 is 1.20 bits per heavy atom. The quantitative estimate of drug-likeness (QED) is 0.608. The highest BCUT2D eigenvalue weighted by Gasteiger charge is 2.00. The second kappa shape index (κ2) is 5.48. The summed E-state index contributed by atoms with van der Waals surface area (Å²) in [6.07, 6.45) is 2.43. The van der Waals surface area contributed by atoms with Crippen LogP contribution < -0.4 is 17.2 Å². The second-order valence-corrected chi connectivity index (χ2v) is 3.62. The molecule has 0 aliphatic rings. The summed E-state index contributed by atoms with van der Waals surface area (Å²) in [6, 6.07) is 7.28. The fraction of sp³-hybridized carbons (Fsp3) is 0.364. The van der Waals surface area contributed by atoms with Crippen LogP contribution in [0, 0.1) is 0 Å². The van der Waals surface area contributed by atoms with Crippen LogP contribution in [-0.2, 0) is 6.42 Å². The number of primary amides is 1. The fourth-order valence-electron chi connectivity index (χ4n) is 1.38. The Balaban J connectivity index is 2.46. The van der Waals surface area contributed by atoms with Crippen molar-refractivity contribution in [2.75, 3.05) is 0 Å². The number of hydrogen-bond acceptors (Lipinski definition) is 3. The smallest absolute Gasteiger partial charge is 0.248 e. The molecule has 1 aromatic rings. The van der Waals surface area contributed by atoms with Crippen molar-refractivity contribution >= 4 is 5.91 Å². The Kier molecular flexibility index (Phi) is 4.27. The van der Waals surface area contributed by atoms with Gasteiger partial charge in [0.15, 0.2) is 0 Å². The van der Waals surface area contributed by atoms with Gasteiger partial charge in [-0.2, -0.15) is 0 Å². The van der Waals surface area contributed by atoms with Crippen LogP contribution >= 0.6 is 0 Å². The molecule has 1 aromatic carbocycles. The summed E-state index contributed by atoms with van der Waals surface area (Å²) in [5.74, 6) is -0.398. The molecule has 6 N–H and O–H groups in total. The van der Waals surface area contributed by atoms with Crippen LogP contribution in [0.5, 0.6) is 0 Å². The topological polar surface area (TPSA) is 95.1 Å². The first-order valence-electron chi connectivity index (χ1n) is 4.99. The third kappa shape index (κ3) is 4.10. The standard InChI is InChI=1S/C11H17N3O/c12-10(13)3-1-2-8-4-6-9(7-5-8)11(14)15/h4-7,10H,1-3,12-13H2,(H2,14,15). The van der Waals surface area contributed by atoms with Crippen LogP contribution in [0.2, 0.25) is 0 Å². The summed E-state index contributed by atoms with van der Waals surface area (Å²) in [5.41, 5.74) is 17.7. The van der Waals surface area contributed by atoms with Gasteiger partial charge in [0.2, 0.25) is 5.91 Å². The first-order valence-corrected chi connectivity index (χ1v) is 4.99. The van der Waals surface area contributed by atoms with Crippen molar-refractivity contribution in [2.45, 2.75) is 25.4 Å². The molecular formula is C11H17N3O. The van der Waals surface area contributed by atoms with Gasteiger partial charge >= 0.3 is 0 Å². The molecule has 0 spiro atoms. The molecule has 82 valence electrons. The average Bonchev–Trinajstić information content (AvgIpc) is 2.18. The summed E-state index contributed by atoms with van der Waals surface area (Å²) < 4.78 is 0. The molecule has 0 bridgehead atoms. The zero-order valence-electron chi connectivity index (χ0n) is 8.65. The third-order valence-electron chi connectivity index (χ3n) is 2.24. The molecule has 0 aliphatic carbocycles. The molecule has 0 atom stereocenters. The van der Waals surface area contributed by atoms with E-state index in [-0.39, 0.29) is 6.17 Å². The lowest BCUT2D eigenvalue weighted by molar-refractivity contribution is 0.100. The van der Waals surface area contributed by atoms with Crippen molar-refractivity contribution < 1.29 is 4.79 Å². The minimum atomic E-state index is -0.398. The van der Waals surface area contributed by atoms with Crippen LogP contribution in [0.3, 0.4) is 0 Å².